The van der Waals surface area contributed by atoms with Crippen molar-refractivity contribution in [2.45, 2.75) is 32.2 Å². The summed E-state index contributed by atoms with van der Waals surface area (Å²) in [7, 11) is 1.60. The van der Waals surface area contributed by atoms with E-state index in [1.807, 2.05) is 16.7 Å². The van der Waals surface area contributed by atoms with Gasteiger partial charge in [-0.1, -0.05) is 13.3 Å². The molecule has 1 aromatic carbocycles. The summed E-state index contributed by atoms with van der Waals surface area (Å²) in [4.78, 5) is 23.4. The number of carbonyl (C=O) groups is 1. The van der Waals surface area contributed by atoms with E-state index in [1.165, 1.54) is 12.3 Å². The first kappa shape index (κ1) is 21.5. The van der Waals surface area contributed by atoms with Crippen molar-refractivity contribution >= 4 is 5.97 Å². The third-order valence-corrected chi connectivity index (χ3v) is 4.29. The van der Waals surface area contributed by atoms with Crippen molar-refractivity contribution in [3.63, 3.8) is 0 Å². The number of hydrogen-bond acceptors (Lipinski definition) is 3. The molecule has 130 valence electrons. The third kappa shape index (κ3) is 4.02. The van der Waals surface area contributed by atoms with Crippen molar-refractivity contribution in [2.75, 3.05) is 7.11 Å². The Bertz CT molecular complexity index is 829. The number of fused-ring (bicyclic) bond motifs is 3. The largest absolute Gasteiger partial charge is 2.00 e. The van der Waals surface area contributed by atoms with Gasteiger partial charge in [0.15, 0.2) is 5.43 Å². The van der Waals surface area contributed by atoms with E-state index in [2.05, 4.69) is 13.0 Å². The molecule has 0 bridgehead atoms. The first-order chi connectivity index (χ1) is 11.0. The molecule has 25 heavy (non-hydrogen) atoms. The molecule has 2 heterocycles. The van der Waals surface area contributed by atoms with Crippen LogP contribution in [0.15, 0.2) is 29.2 Å². The first-order valence-corrected chi connectivity index (χ1v) is 7.63. The molecule has 1 aliphatic heterocycles. The second-order valence-electron chi connectivity index (χ2n) is 5.74. The average Bonchev–Trinajstić information content (AvgIpc) is 2.53. The van der Waals surface area contributed by atoms with E-state index in [-0.39, 0.29) is 50.1 Å². The average molecular weight is 565 g/mol. The Morgan fingerprint density at radius 1 is 1.44 bits per heavy atom. The summed E-state index contributed by atoms with van der Waals surface area (Å²) in [6.07, 6.45) is 4.15. The van der Waals surface area contributed by atoms with Gasteiger partial charge in [0, 0.05) is 18.0 Å². The van der Waals surface area contributed by atoms with Crippen LogP contribution in [-0.4, -0.2) is 22.8 Å². The van der Waals surface area contributed by atoms with Gasteiger partial charge in [0.05, 0.1) is 7.11 Å². The molecule has 0 fully saturated rings. The number of rotatable bonds is 4. The molecule has 0 spiro atoms. The maximum absolute atomic E-state index is 12.1. The van der Waals surface area contributed by atoms with Crippen molar-refractivity contribution in [1.82, 2.24) is 4.57 Å². The van der Waals surface area contributed by atoms with Crippen LogP contribution in [0.5, 0.6) is 5.75 Å². The molecule has 1 unspecified atom stereocenters. The topological polar surface area (TPSA) is 68.5 Å². The molecule has 6 heteroatoms. The zero-order valence-corrected chi connectivity index (χ0v) is 18.8. The Morgan fingerprint density at radius 2 is 2.16 bits per heavy atom. The van der Waals surface area contributed by atoms with Crippen LogP contribution >= 0.6 is 0 Å². The predicted octanol–water partition coefficient (Wildman–Crippen LogP) is 3.37. The summed E-state index contributed by atoms with van der Waals surface area (Å²) < 4.78 is 7.16. The Hall–Kier alpha value is -1.51. The molecule has 0 saturated carbocycles. The molecule has 1 aliphatic rings. The van der Waals surface area contributed by atoms with Gasteiger partial charge in [-0.05, 0) is 24.6 Å². The fourth-order valence-corrected chi connectivity index (χ4v) is 3.19. The standard InChI is InChI=1S/C18H18NO4.CH3.U/c1-3-4-12-7-11-8-13(23-2)5-6-14(11)16-9-17(20)15(18(21)22)10-19(12)16;;/h6,8-10,12H,3-4,7H2,1-2H3,(H,21,22);1H3;/q2*-1;+2. The van der Waals surface area contributed by atoms with Crippen molar-refractivity contribution in [1.29, 1.82) is 0 Å². The summed E-state index contributed by atoms with van der Waals surface area (Å²) in [5.41, 5.74) is 2.10. The van der Waals surface area contributed by atoms with Crippen LogP contribution in [-0.2, 0) is 6.42 Å². The van der Waals surface area contributed by atoms with E-state index in [0.29, 0.717) is 5.75 Å². The summed E-state index contributed by atoms with van der Waals surface area (Å²) in [6.45, 7) is 2.09. The van der Waals surface area contributed by atoms with E-state index in [4.69, 9.17) is 4.74 Å². The number of hydrogen-bond donors (Lipinski definition) is 1. The Labute approximate surface area is 171 Å². The van der Waals surface area contributed by atoms with Gasteiger partial charge >= 0.3 is 37.1 Å². The maximum atomic E-state index is 12.1. The molecule has 0 amide bonds. The van der Waals surface area contributed by atoms with Gasteiger partial charge < -0.3 is 21.8 Å². The van der Waals surface area contributed by atoms with Crippen molar-refractivity contribution in [3.05, 3.63) is 59.2 Å². The van der Waals surface area contributed by atoms with E-state index < -0.39 is 11.4 Å². The van der Waals surface area contributed by atoms with Crippen LogP contribution < -0.4 is 10.2 Å². The number of aromatic carboxylic acids is 1. The number of nitrogens with zero attached hydrogens (tertiary/aromatic N) is 1. The van der Waals surface area contributed by atoms with Crippen molar-refractivity contribution < 1.29 is 45.8 Å². The Balaban J connectivity index is 0.00000156. The molecule has 0 aliphatic carbocycles. The zero-order chi connectivity index (χ0) is 16.6. The molecule has 2 aromatic rings. The van der Waals surface area contributed by atoms with Crippen molar-refractivity contribution in [3.8, 4) is 17.0 Å². The molecule has 3 rings (SSSR count). The second-order valence-corrected chi connectivity index (χ2v) is 5.74. The molecule has 1 N–H and O–H groups in total. The smallest absolute Gasteiger partial charge is 0.523 e. The number of carboxylic acid groups (broad SMARTS) is 1. The molecule has 0 saturated heterocycles. The zero-order valence-electron chi connectivity index (χ0n) is 14.6. The van der Waals surface area contributed by atoms with Gasteiger partial charge in [-0.3, -0.25) is 4.79 Å². The quantitative estimate of drug-likeness (QED) is 0.578. The second kappa shape index (κ2) is 8.73. The molecule has 0 radical (unpaired) electrons. The van der Waals surface area contributed by atoms with Crippen LogP contribution in [0.3, 0.4) is 0 Å². The minimum absolute atomic E-state index is 0. The minimum Gasteiger partial charge on any atom is -0.523 e. The van der Waals surface area contributed by atoms with Crippen LogP contribution in [0.2, 0.25) is 0 Å². The normalized spacial score (nSPS) is 14.4. The predicted molar refractivity (Wildman–Crippen MR) is 92.5 cm³/mol. The van der Waals surface area contributed by atoms with Crippen molar-refractivity contribution in [2.24, 2.45) is 0 Å². The molecular weight excluding hydrogens is 544 g/mol. The number of aromatic nitrogens is 1. The van der Waals surface area contributed by atoms with Gasteiger partial charge in [-0.25, -0.2) is 4.79 Å². The number of ether oxygens (including phenoxy) is 1. The van der Waals surface area contributed by atoms with Gasteiger partial charge in [-0.2, -0.15) is 6.07 Å². The van der Waals surface area contributed by atoms with E-state index in [1.54, 1.807) is 7.11 Å². The van der Waals surface area contributed by atoms with Crippen LogP contribution in [0.4, 0.5) is 0 Å². The van der Waals surface area contributed by atoms with E-state index in [9.17, 15) is 14.7 Å². The number of methoxy groups -OCH3 is 1. The maximum Gasteiger partial charge on any atom is 2.00 e. The molecule has 1 aromatic heterocycles. The van der Waals surface area contributed by atoms with E-state index in [0.717, 1.165) is 36.1 Å². The SMILES string of the molecule is CCCC1Cc2cc(OC)[c-]cc2-c2cc(=O)c(C(=O)O)cn21.[CH3-].[U+2]. The minimum atomic E-state index is -1.19. The molecule has 1 atom stereocenters. The summed E-state index contributed by atoms with van der Waals surface area (Å²) in [6, 6.07) is 8.34. The van der Waals surface area contributed by atoms with Gasteiger partial charge in [-0.15, -0.1) is 23.3 Å². The number of pyridine rings is 1. The monoisotopic (exact) mass is 565 g/mol. The third-order valence-electron chi connectivity index (χ3n) is 4.29. The van der Waals surface area contributed by atoms with Crippen LogP contribution in [0.1, 0.15) is 41.7 Å². The van der Waals surface area contributed by atoms with Gasteiger partial charge in [0.1, 0.15) is 5.56 Å². The summed E-state index contributed by atoms with van der Waals surface area (Å²) in [5.74, 6) is -0.524. The number of carboxylic acids is 1. The van der Waals surface area contributed by atoms with Gasteiger partial charge in [0.25, 0.3) is 0 Å². The first-order valence-electron chi connectivity index (χ1n) is 7.63. The molecule has 5 nitrogen and oxygen atoms in total. The fraction of sp³-hybridized carbons (Fsp3) is 0.316. The van der Waals surface area contributed by atoms with Crippen LogP contribution in [0.25, 0.3) is 11.3 Å². The summed E-state index contributed by atoms with van der Waals surface area (Å²) in [5, 5.41) is 9.21. The number of benzene rings is 1. The Morgan fingerprint density at radius 3 is 2.76 bits per heavy atom. The van der Waals surface area contributed by atoms with Gasteiger partial charge in [0.2, 0.25) is 0 Å². The molecular formula is C19H21NO4U. The Kier molecular flexibility index (Phi) is 7.52. The van der Waals surface area contributed by atoms with E-state index >= 15 is 0 Å². The summed E-state index contributed by atoms with van der Waals surface area (Å²) >= 11 is 0. The van der Waals surface area contributed by atoms with Crippen LogP contribution in [0, 0.1) is 44.6 Å². The fourth-order valence-electron chi connectivity index (χ4n) is 3.19.